The Bertz CT molecular complexity index is 689. The maximum absolute atomic E-state index is 4.41. The minimum atomic E-state index is 0.283. The van der Waals surface area contributed by atoms with Crippen LogP contribution >= 0.6 is 27.3 Å². The van der Waals surface area contributed by atoms with Crippen LogP contribution in [0, 0.1) is 0 Å². The van der Waals surface area contributed by atoms with Gasteiger partial charge >= 0.3 is 0 Å². The van der Waals surface area contributed by atoms with E-state index in [1.165, 1.54) is 10.4 Å². The molecule has 0 spiro atoms. The standard InChI is InChI=1S/C14H14BrN3S/c1-16-13(7-11-6-10(15)9-19-11)12-8-17-18-5-3-2-4-14(12)18/h2-6,8-9,13,16H,7H2,1H3. The molecule has 0 aromatic carbocycles. The van der Waals surface area contributed by atoms with Gasteiger partial charge in [0, 0.05) is 39.0 Å². The highest BCUT2D eigenvalue weighted by Gasteiger charge is 2.15. The first-order valence-corrected chi connectivity index (χ1v) is 7.77. The average molecular weight is 336 g/mol. The Morgan fingerprint density at radius 1 is 1.47 bits per heavy atom. The maximum Gasteiger partial charge on any atom is 0.0709 e. The number of fused-ring (bicyclic) bond motifs is 1. The van der Waals surface area contributed by atoms with Crippen molar-refractivity contribution in [3.63, 3.8) is 0 Å². The van der Waals surface area contributed by atoms with Crippen LogP contribution in [0.3, 0.4) is 0 Å². The molecule has 0 radical (unpaired) electrons. The van der Waals surface area contributed by atoms with E-state index in [2.05, 4.69) is 49.9 Å². The summed E-state index contributed by atoms with van der Waals surface area (Å²) in [6.07, 6.45) is 4.91. The van der Waals surface area contributed by atoms with Gasteiger partial charge in [-0.3, -0.25) is 0 Å². The summed E-state index contributed by atoms with van der Waals surface area (Å²) in [5.41, 5.74) is 2.41. The molecule has 19 heavy (non-hydrogen) atoms. The molecule has 3 aromatic heterocycles. The number of nitrogens with one attached hydrogen (secondary N) is 1. The summed E-state index contributed by atoms with van der Waals surface area (Å²) in [6.45, 7) is 0. The van der Waals surface area contributed by atoms with Crippen molar-refractivity contribution in [2.45, 2.75) is 12.5 Å². The second-order valence-corrected chi connectivity index (χ2v) is 6.32. The highest BCUT2D eigenvalue weighted by Crippen LogP contribution is 2.27. The number of thiophene rings is 1. The molecule has 0 fully saturated rings. The molecule has 1 unspecified atom stereocenters. The van der Waals surface area contributed by atoms with Crippen LogP contribution in [0.5, 0.6) is 0 Å². The molecule has 0 aliphatic rings. The van der Waals surface area contributed by atoms with Crippen molar-refractivity contribution in [3.8, 4) is 0 Å². The topological polar surface area (TPSA) is 29.3 Å². The summed E-state index contributed by atoms with van der Waals surface area (Å²) < 4.78 is 3.08. The fraction of sp³-hybridized carbons (Fsp3) is 0.214. The molecule has 0 bridgehead atoms. The van der Waals surface area contributed by atoms with Crippen LogP contribution in [0.25, 0.3) is 5.52 Å². The summed E-state index contributed by atoms with van der Waals surface area (Å²) in [7, 11) is 2.00. The van der Waals surface area contributed by atoms with Gasteiger partial charge in [0.05, 0.1) is 11.7 Å². The van der Waals surface area contributed by atoms with Gasteiger partial charge in [-0.15, -0.1) is 11.3 Å². The van der Waals surface area contributed by atoms with Crippen LogP contribution in [-0.2, 0) is 6.42 Å². The van der Waals surface area contributed by atoms with E-state index in [0.29, 0.717) is 0 Å². The molecular formula is C14H14BrN3S. The third-order valence-corrected chi connectivity index (χ3v) is 4.93. The molecule has 0 aliphatic heterocycles. The van der Waals surface area contributed by atoms with E-state index in [4.69, 9.17) is 0 Å². The zero-order valence-corrected chi connectivity index (χ0v) is 12.9. The fourth-order valence-electron chi connectivity index (χ4n) is 2.25. The number of hydrogen-bond donors (Lipinski definition) is 1. The van der Waals surface area contributed by atoms with E-state index < -0.39 is 0 Å². The van der Waals surface area contributed by atoms with Crippen molar-refractivity contribution in [1.29, 1.82) is 0 Å². The average Bonchev–Trinajstić information content (AvgIpc) is 3.02. The number of pyridine rings is 1. The minimum Gasteiger partial charge on any atom is -0.313 e. The van der Waals surface area contributed by atoms with E-state index in [-0.39, 0.29) is 6.04 Å². The zero-order chi connectivity index (χ0) is 13.2. The van der Waals surface area contributed by atoms with Crippen molar-refractivity contribution < 1.29 is 0 Å². The van der Waals surface area contributed by atoms with Gasteiger partial charge in [0.1, 0.15) is 0 Å². The van der Waals surface area contributed by atoms with Gasteiger partial charge in [-0.25, -0.2) is 4.52 Å². The van der Waals surface area contributed by atoms with Gasteiger partial charge in [-0.05, 0) is 41.2 Å². The molecule has 3 aromatic rings. The molecule has 3 heterocycles. The summed E-state index contributed by atoms with van der Waals surface area (Å²) in [6, 6.07) is 8.62. The first-order valence-electron chi connectivity index (χ1n) is 6.10. The lowest BCUT2D eigenvalue weighted by molar-refractivity contribution is 0.600. The predicted octanol–water partition coefficient (Wildman–Crippen LogP) is 3.66. The molecule has 0 saturated carbocycles. The van der Waals surface area contributed by atoms with Gasteiger partial charge < -0.3 is 5.32 Å². The van der Waals surface area contributed by atoms with Crippen molar-refractivity contribution >= 4 is 32.8 Å². The van der Waals surface area contributed by atoms with Gasteiger partial charge in [-0.1, -0.05) is 6.07 Å². The molecule has 5 heteroatoms. The Morgan fingerprint density at radius 2 is 2.37 bits per heavy atom. The number of nitrogens with zero attached hydrogens (tertiary/aromatic N) is 2. The predicted molar refractivity (Wildman–Crippen MR) is 82.7 cm³/mol. The number of aromatic nitrogens is 2. The SMILES string of the molecule is CNC(Cc1cc(Br)cs1)c1cnn2ccccc12. The third-order valence-electron chi connectivity index (χ3n) is 3.21. The molecule has 0 aliphatic carbocycles. The number of likely N-dealkylation sites (N-methyl/N-ethyl adjacent to an activating group) is 1. The molecule has 3 rings (SSSR count). The van der Waals surface area contributed by atoms with Gasteiger partial charge in [0.2, 0.25) is 0 Å². The Balaban J connectivity index is 1.93. The molecule has 0 amide bonds. The third kappa shape index (κ3) is 2.59. The number of halogens is 1. The Morgan fingerprint density at radius 3 is 3.11 bits per heavy atom. The molecule has 3 nitrogen and oxygen atoms in total. The maximum atomic E-state index is 4.41. The van der Waals surface area contributed by atoms with Crippen molar-refractivity contribution in [3.05, 3.63) is 57.0 Å². The molecule has 0 saturated heterocycles. The van der Waals surface area contributed by atoms with E-state index in [0.717, 1.165) is 16.4 Å². The van der Waals surface area contributed by atoms with Crippen LogP contribution in [0.2, 0.25) is 0 Å². The molecular weight excluding hydrogens is 322 g/mol. The quantitative estimate of drug-likeness (QED) is 0.788. The molecule has 1 N–H and O–H groups in total. The van der Waals surface area contributed by atoms with Gasteiger partial charge in [0.15, 0.2) is 0 Å². The first-order chi connectivity index (χ1) is 9.28. The molecule has 98 valence electrons. The number of hydrogen-bond acceptors (Lipinski definition) is 3. The summed E-state index contributed by atoms with van der Waals surface area (Å²) in [4.78, 5) is 1.36. The smallest absolute Gasteiger partial charge is 0.0709 e. The van der Waals surface area contributed by atoms with E-state index >= 15 is 0 Å². The Labute approximate surface area is 124 Å². The second kappa shape index (κ2) is 5.45. The Hall–Kier alpha value is -1.17. The highest BCUT2D eigenvalue weighted by atomic mass is 79.9. The van der Waals surface area contributed by atoms with Crippen LogP contribution in [-0.4, -0.2) is 16.7 Å². The van der Waals surface area contributed by atoms with Gasteiger partial charge in [0.25, 0.3) is 0 Å². The van der Waals surface area contributed by atoms with Crippen molar-refractivity contribution in [2.75, 3.05) is 7.05 Å². The van der Waals surface area contributed by atoms with E-state index in [9.17, 15) is 0 Å². The second-order valence-electron chi connectivity index (χ2n) is 4.41. The highest BCUT2D eigenvalue weighted by molar-refractivity contribution is 9.10. The van der Waals surface area contributed by atoms with Gasteiger partial charge in [-0.2, -0.15) is 5.10 Å². The van der Waals surface area contributed by atoms with Crippen LogP contribution in [0.4, 0.5) is 0 Å². The largest absolute Gasteiger partial charge is 0.313 e. The van der Waals surface area contributed by atoms with Crippen LogP contribution in [0.1, 0.15) is 16.5 Å². The lowest BCUT2D eigenvalue weighted by atomic mass is 10.0. The van der Waals surface area contributed by atoms with E-state index in [1.807, 2.05) is 30.0 Å². The summed E-state index contributed by atoms with van der Waals surface area (Å²) in [5.74, 6) is 0. The minimum absolute atomic E-state index is 0.283. The number of rotatable bonds is 4. The lowest BCUT2D eigenvalue weighted by Gasteiger charge is -2.14. The molecule has 1 atom stereocenters. The first kappa shape index (κ1) is 12.8. The van der Waals surface area contributed by atoms with Crippen molar-refractivity contribution in [1.82, 2.24) is 14.9 Å². The van der Waals surface area contributed by atoms with Crippen LogP contribution < -0.4 is 5.32 Å². The van der Waals surface area contributed by atoms with Crippen LogP contribution in [0.15, 0.2) is 46.5 Å². The summed E-state index contributed by atoms with van der Waals surface area (Å²) in [5, 5.41) is 9.92. The fourth-order valence-corrected chi connectivity index (χ4v) is 3.75. The monoisotopic (exact) mass is 335 g/mol. The van der Waals surface area contributed by atoms with E-state index in [1.54, 1.807) is 11.3 Å². The summed E-state index contributed by atoms with van der Waals surface area (Å²) >= 11 is 5.29. The Kier molecular flexibility index (Phi) is 3.68. The lowest BCUT2D eigenvalue weighted by Crippen LogP contribution is -2.18. The normalized spacial score (nSPS) is 12.9. The van der Waals surface area contributed by atoms with Crippen molar-refractivity contribution in [2.24, 2.45) is 0 Å². The zero-order valence-electron chi connectivity index (χ0n) is 10.5.